The minimum Gasteiger partial charge on any atom is -0.398 e. The number of para-hydroxylation sites is 1. The molecular weight excluding hydrogens is 244 g/mol. The Morgan fingerprint density at radius 2 is 1.50 bits per heavy atom. The van der Waals surface area contributed by atoms with Crippen molar-refractivity contribution in [2.45, 2.75) is 26.8 Å². The molecule has 106 valence electrons. The summed E-state index contributed by atoms with van der Waals surface area (Å²) in [6.07, 6.45) is 0.900. The average molecular weight is 268 g/mol. The van der Waals surface area contributed by atoms with Gasteiger partial charge in [-0.05, 0) is 68.2 Å². The molecule has 0 bridgehead atoms. The van der Waals surface area contributed by atoms with Crippen molar-refractivity contribution in [3.05, 3.63) is 64.2 Å². The Morgan fingerprint density at radius 3 is 2.10 bits per heavy atom. The number of aryl methyl sites for hydroxylation is 2. The molecule has 20 heavy (non-hydrogen) atoms. The molecule has 0 heterocycles. The molecule has 0 saturated carbocycles. The van der Waals surface area contributed by atoms with Gasteiger partial charge in [0.1, 0.15) is 0 Å². The van der Waals surface area contributed by atoms with Gasteiger partial charge in [0, 0.05) is 12.2 Å². The van der Waals surface area contributed by atoms with Crippen molar-refractivity contribution in [2.24, 2.45) is 0 Å². The summed E-state index contributed by atoms with van der Waals surface area (Å²) < 4.78 is 0. The molecule has 0 spiro atoms. The molecule has 0 amide bonds. The number of nitrogen functional groups attached to an aromatic ring is 1. The number of hydrogen-bond acceptors (Lipinski definition) is 2. The van der Waals surface area contributed by atoms with Gasteiger partial charge in [0.2, 0.25) is 0 Å². The SMILES string of the molecule is Cc1cc(Cc2ccccc2N)c(CN(C)C)cc1C. The molecule has 2 nitrogen and oxygen atoms in total. The molecule has 0 saturated heterocycles. The van der Waals surface area contributed by atoms with E-state index in [2.05, 4.69) is 57.1 Å². The fourth-order valence-corrected chi connectivity index (χ4v) is 2.49. The fourth-order valence-electron chi connectivity index (χ4n) is 2.49. The minimum atomic E-state index is 0.876. The molecule has 0 atom stereocenters. The normalized spacial score (nSPS) is 11.1. The zero-order valence-electron chi connectivity index (χ0n) is 12.9. The van der Waals surface area contributed by atoms with Gasteiger partial charge in [-0.3, -0.25) is 0 Å². The molecule has 2 N–H and O–H groups in total. The van der Waals surface area contributed by atoms with Crippen LogP contribution < -0.4 is 5.73 Å². The molecule has 2 aromatic carbocycles. The van der Waals surface area contributed by atoms with Crippen LogP contribution in [0, 0.1) is 13.8 Å². The number of benzene rings is 2. The van der Waals surface area contributed by atoms with Crippen LogP contribution in [-0.4, -0.2) is 19.0 Å². The van der Waals surface area contributed by atoms with Crippen molar-refractivity contribution in [1.82, 2.24) is 4.90 Å². The highest BCUT2D eigenvalue weighted by Crippen LogP contribution is 2.22. The smallest absolute Gasteiger partial charge is 0.0349 e. The average Bonchev–Trinajstić information content (AvgIpc) is 2.37. The Morgan fingerprint density at radius 1 is 0.900 bits per heavy atom. The maximum absolute atomic E-state index is 6.08. The second kappa shape index (κ2) is 6.10. The van der Waals surface area contributed by atoms with Crippen LogP contribution >= 0.6 is 0 Å². The number of rotatable bonds is 4. The van der Waals surface area contributed by atoms with Gasteiger partial charge in [0.25, 0.3) is 0 Å². The number of anilines is 1. The van der Waals surface area contributed by atoms with Crippen LogP contribution in [0.15, 0.2) is 36.4 Å². The summed E-state index contributed by atoms with van der Waals surface area (Å²) >= 11 is 0. The van der Waals surface area contributed by atoms with Crippen molar-refractivity contribution in [3.63, 3.8) is 0 Å². The second-order valence-electron chi connectivity index (χ2n) is 5.82. The van der Waals surface area contributed by atoms with E-state index in [4.69, 9.17) is 5.73 Å². The van der Waals surface area contributed by atoms with E-state index in [1.54, 1.807) is 0 Å². The van der Waals surface area contributed by atoms with Gasteiger partial charge in [0.15, 0.2) is 0 Å². The van der Waals surface area contributed by atoms with Crippen LogP contribution in [0.3, 0.4) is 0 Å². The summed E-state index contributed by atoms with van der Waals surface area (Å²) in [7, 11) is 4.21. The van der Waals surface area contributed by atoms with Gasteiger partial charge in [-0.1, -0.05) is 30.3 Å². The largest absolute Gasteiger partial charge is 0.398 e. The number of hydrogen-bond donors (Lipinski definition) is 1. The Hall–Kier alpha value is -1.80. The molecule has 2 rings (SSSR count). The highest BCUT2D eigenvalue weighted by atomic mass is 15.0. The van der Waals surface area contributed by atoms with Crippen molar-refractivity contribution in [1.29, 1.82) is 0 Å². The van der Waals surface area contributed by atoms with Gasteiger partial charge >= 0.3 is 0 Å². The number of nitrogens with two attached hydrogens (primary N) is 1. The lowest BCUT2D eigenvalue weighted by Crippen LogP contribution is -2.13. The minimum absolute atomic E-state index is 0.876. The molecule has 0 aliphatic carbocycles. The summed E-state index contributed by atoms with van der Waals surface area (Å²) in [5.74, 6) is 0. The molecule has 2 aromatic rings. The Bertz CT molecular complexity index is 600. The Balaban J connectivity index is 2.39. The van der Waals surface area contributed by atoms with Gasteiger partial charge in [-0.2, -0.15) is 0 Å². The third-order valence-corrected chi connectivity index (χ3v) is 3.74. The molecule has 0 unspecified atom stereocenters. The maximum Gasteiger partial charge on any atom is 0.0349 e. The molecule has 0 radical (unpaired) electrons. The van der Waals surface area contributed by atoms with Crippen LogP contribution in [-0.2, 0) is 13.0 Å². The summed E-state index contributed by atoms with van der Waals surface area (Å²) in [6, 6.07) is 12.7. The van der Waals surface area contributed by atoms with E-state index in [0.29, 0.717) is 0 Å². The standard InChI is InChI=1S/C18H24N2/c1-13-9-16(11-15-7-5-6-8-18(15)19)17(10-14(13)2)12-20(3)4/h5-10H,11-12,19H2,1-4H3. The third-order valence-electron chi connectivity index (χ3n) is 3.74. The summed E-state index contributed by atoms with van der Waals surface area (Å²) in [5.41, 5.74) is 13.6. The summed E-state index contributed by atoms with van der Waals surface area (Å²) in [5, 5.41) is 0. The fraction of sp³-hybridized carbons (Fsp3) is 0.333. The van der Waals surface area contributed by atoms with Crippen LogP contribution in [0.5, 0.6) is 0 Å². The molecule has 0 aliphatic heterocycles. The first-order valence-corrected chi connectivity index (χ1v) is 7.04. The van der Waals surface area contributed by atoms with E-state index < -0.39 is 0 Å². The third kappa shape index (κ3) is 3.40. The van der Waals surface area contributed by atoms with Crippen molar-refractivity contribution < 1.29 is 0 Å². The van der Waals surface area contributed by atoms with Gasteiger partial charge in [0.05, 0.1) is 0 Å². The van der Waals surface area contributed by atoms with E-state index >= 15 is 0 Å². The lowest BCUT2D eigenvalue weighted by atomic mass is 9.94. The van der Waals surface area contributed by atoms with E-state index in [1.165, 1.54) is 27.8 Å². The highest BCUT2D eigenvalue weighted by molar-refractivity contribution is 5.50. The van der Waals surface area contributed by atoms with E-state index in [1.807, 2.05) is 12.1 Å². The summed E-state index contributed by atoms with van der Waals surface area (Å²) in [6.45, 7) is 5.31. The van der Waals surface area contributed by atoms with Crippen LogP contribution in [0.1, 0.15) is 27.8 Å². The lowest BCUT2D eigenvalue weighted by Gasteiger charge is -2.17. The molecular formula is C18H24N2. The maximum atomic E-state index is 6.08. The van der Waals surface area contributed by atoms with Gasteiger partial charge in [-0.15, -0.1) is 0 Å². The quantitative estimate of drug-likeness (QED) is 0.859. The van der Waals surface area contributed by atoms with Crippen molar-refractivity contribution >= 4 is 5.69 Å². The zero-order chi connectivity index (χ0) is 14.7. The predicted octanol–water partition coefficient (Wildman–Crippen LogP) is 3.54. The molecule has 0 aromatic heterocycles. The Kier molecular flexibility index (Phi) is 4.46. The second-order valence-corrected chi connectivity index (χ2v) is 5.82. The molecule has 0 fully saturated rings. The first-order valence-electron chi connectivity index (χ1n) is 7.04. The van der Waals surface area contributed by atoms with E-state index in [9.17, 15) is 0 Å². The lowest BCUT2D eigenvalue weighted by molar-refractivity contribution is 0.401. The topological polar surface area (TPSA) is 29.3 Å². The van der Waals surface area contributed by atoms with Crippen molar-refractivity contribution in [2.75, 3.05) is 19.8 Å². The van der Waals surface area contributed by atoms with Crippen LogP contribution in [0.4, 0.5) is 5.69 Å². The summed E-state index contributed by atoms with van der Waals surface area (Å²) in [4.78, 5) is 2.21. The monoisotopic (exact) mass is 268 g/mol. The van der Waals surface area contributed by atoms with Gasteiger partial charge < -0.3 is 10.6 Å². The van der Waals surface area contributed by atoms with Crippen LogP contribution in [0.25, 0.3) is 0 Å². The predicted molar refractivity (Wildman–Crippen MR) is 87.0 cm³/mol. The van der Waals surface area contributed by atoms with Crippen molar-refractivity contribution in [3.8, 4) is 0 Å². The number of nitrogens with zero attached hydrogens (tertiary/aromatic N) is 1. The first-order chi connectivity index (χ1) is 9.47. The molecule has 2 heteroatoms. The molecule has 0 aliphatic rings. The first kappa shape index (κ1) is 14.6. The van der Waals surface area contributed by atoms with Crippen LogP contribution in [0.2, 0.25) is 0 Å². The Labute approximate surface area is 122 Å². The van der Waals surface area contributed by atoms with E-state index in [-0.39, 0.29) is 0 Å². The zero-order valence-corrected chi connectivity index (χ0v) is 12.9. The van der Waals surface area contributed by atoms with E-state index in [0.717, 1.165) is 18.7 Å². The van der Waals surface area contributed by atoms with Gasteiger partial charge in [-0.25, -0.2) is 0 Å². The highest BCUT2D eigenvalue weighted by Gasteiger charge is 2.09.